The molecule has 0 saturated carbocycles. The van der Waals surface area contributed by atoms with Crippen LogP contribution in [0, 0.1) is 0 Å². The molecule has 0 amide bonds. The normalized spacial score (nSPS) is 15.8. The first-order chi connectivity index (χ1) is 17.6. The third-order valence-electron chi connectivity index (χ3n) is 7.58. The lowest BCUT2D eigenvalue weighted by atomic mass is 9.77. The van der Waals surface area contributed by atoms with Crippen LogP contribution < -0.4 is 10.2 Å². The van der Waals surface area contributed by atoms with Crippen molar-refractivity contribution in [2.45, 2.75) is 77.6 Å². The number of hydrogen-bond donors (Lipinski definition) is 2. The first-order valence-corrected chi connectivity index (χ1v) is 13.6. The number of carboxylic acids is 1. The number of rotatable bonds is 13. The molecule has 37 heavy (non-hydrogen) atoms. The molecule has 2 aromatic rings. The highest BCUT2D eigenvalue weighted by Crippen LogP contribution is 2.47. The van der Waals surface area contributed by atoms with Crippen LogP contribution in [0.2, 0.25) is 0 Å². The smallest absolute Gasteiger partial charge is 0.303 e. The second-order valence-corrected chi connectivity index (χ2v) is 11.0. The number of fused-ring (bicyclic) bond motifs is 1. The lowest BCUT2D eigenvalue weighted by Gasteiger charge is -2.29. The van der Waals surface area contributed by atoms with Crippen molar-refractivity contribution in [1.29, 1.82) is 0 Å². The van der Waals surface area contributed by atoms with Crippen LogP contribution in [-0.2, 0) is 15.6 Å². The molecule has 0 unspecified atom stereocenters. The van der Waals surface area contributed by atoms with Crippen molar-refractivity contribution >= 4 is 17.3 Å². The fourth-order valence-electron chi connectivity index (χ4n) is 5.23. The van der Waals surface area contributed by atoms with Gasteiger partial charge in [0.25, 0.3) is 0 Å². The number of hydrogen-bond acceptors (Lipinski definition) is 3. The van der Waals surface area contributed by atoms with E-state index in [9.17, 15) is 4.79 Å². The monoisotopic (exact) mass is 500 g/mol. The van der Waals surface area contributed by atoms with Crippen LogP contribution in [0.15, 0.2) is 84.6 Å². The van der Waals surface area contributed by atoms with Gasteiger partial charge in [0.05, 0.1) is 0 Å². The number of unbranched alkanes of at least 4 members (excludes halogenated alkanes) is 2. The van der Waals surface area contributed by atoms with Gasteiger partial charge in [-0.15, -0.1) is 0 Å². The molecule has 2 N–H and O–H groups in total. The number of para-hydroxylation sites is 2. The largest absolute Gasteiger partial charge is 0.481 e. The standard InChI is InChI=1S/C33H44N2O2/c1-7-24-35-29-20-13-11-18-27(29)33(5,6)30(35)21-15-16-25(2)32(3,4)26-17-10-12-19-28(26)34-23-14-8-9-22-31(36)37/h10-13,15-21,34H,2,7-9,14,22-24H2,1,3-6H3,(H,36,37)/b16-15+,30-21+. The lowest BCUT2D eigenvalue weighted by Crippen LogP contribution is -2.26. The zero-order valence-corrected chi connectivity index (χ0v) is 23.3. The van der Waals surface area contributed by atoms with E-state index in [1.165, 1.54) is 22.5 Å². The van der Waals surface area contributed by atoms with Crippen LogP contribution in [0.1, 0.15) is 77.8 Å². The van der Waals surface area contributed by atoms with Crippen molar-refractivity contribution in [3.63, 3.8) is 0 Å². The molecule has 0 radical (unpaired) electrons. The molecule has 3 rings (SSSR count). The Labute approximate surface area is 223 Å². The Balaban J connectivity index is 1.74. The van der Waals surface area contributed by atoms with Crippen molar-refractivity contribution in [2.75, 3.05) is 23.3 Å². The average Bonchev–Trinajstić information content (AvgIpc) is 3.08. The second-order valence-electron chi connectivity index (χ2n) is 11.0. The number of aliphatic carboxylic acids is 1. The molecule has 4 heteroatoms. The van der Waals surface area contributed by atoms with Crippen molar-refractivity contribution in [3.8, 4) is 0 Å². The topological polar surface area (TPSA) is 52.6 Å². The van der Waals surface area contributed by atoms with Crippen molar-refractivity contribution < 1.29 is 9.90 Å². The van der Waals surface area contributed by atoms with Gasteiger partial charge in [0.1, 0.15) is 0 Å². The highest BCUT2D eigenvalue weighted by Gasteiger charge is 2.39. The molecule has 0 spiro atoms. The third-order valence-corrected chi connectivity index (χ3v) is 7.58. The molecule has 0 bridgehead atoms. The summed E-state index contributed by atoms with van der Waals surface area (Å²) in [7, 11) is 0. The summed E-state index contributed by atoms with van der Waals surface area (Å²) in [6.45, 7) is 17.6. The van der Waals surface area contributed by atoms with Gasteiger partial charge >= 0.3 is 5.97 Å². The van der Waals surface area contributed by atoms with Gasteiger partial charge < -0.3 is 15.3 Å². The number of nitrogens with zero attached hydrogens (tertiary/aromatic N) is 1. The Morgan fingerprint density at radius 2 is 1.78 bits per heavy atom. The van der Waals surface area contributed by atoms with Crippen LogP contribution in [0.3, 0.4) is 0 Å². The summed E-state index contributed by atoms with van der Waals surface area (Å²) in [6, 6.07) is 17.2. The Kier molecular flexibility index (Phi) is 9.42. The summed E-state index contributed by atoms with van der Waals surface area (Å²) in [5, 5.41) is 12.4. The van der Waals surface area contributed by atoms with E-state index in [1.54, 1.807) is 0 Å². The van der Waals surface area contributed by atoms with Gasteiger partial charge in [-0.3, -0.25) is 4.79 Å². The SMILES string of the molecule is C=C(/C=C/C=C1/N(CCC)c2ccccc2C1(C)C)C(C)(C)c1ccccc1NCCCCCC(=O)O. The van der Waals surface area contributed by atoms with E-state index >= 15 is 0 Å². The molecular formula is C33H44N2O2. The molecule has 0 atom stereocenters. The van der Waals surface area contributed by atoms with Gasteiger partial charge in [-0.05, 0) is 54.2 Å². The first kappa shape index (κ1) is 28.3. The van der Waals surface area contributed by atoms with Crippen molar-refractivity contribution in [3.05, 3.63) is 95.7 Å². The molecule has 4 nitrogen and oxygen atoms in total. The fraction of sp³-hybridized carbons (Fsp3) is 0.424. The summed E-state index contributed by atoms with van der Waals surface area (Å²) in [4.78, 5) is 13.2. The van der Waals surface area contributed by atoms with Gasteiger partial charge in [0.2, 0.25) is 0 Å². The lowest BCUT2D eigenvalue weighted by molar-refractivity contribution is -0.137. The van der Waals surface area contributed by atoms with Crippen LogP contribution in [0.4, 0.5) is 11.4 Å². The highest BCUT2D eigenvalue weighted by molar-refractivity contribution is 5.70. The Hall–Kier alpha value is -3.27. The molecule has 1 heterocycles. The van der Waals surface area contributed by atoms with Crippen LogP contribution in [0.5, 0.6) is 0 Å². The minimum atomic E-state index is -0.721. The fourth-order valence-corrected chi connectivity index (χ4v) is 5.23. The highest BCUT2D eigenvalue weighted by atomic mass is 16.4. The maximum Gasteiger partial charge on any atom is 0.303 e. The van der Waals surface area contributed by atoms with Crippen LogP contribution in [0.25, 0.3) is 0 Å². The summed E-state index contributed by atoms with van der Waals surface area (Å²) in [5.74, 6) is -0.721. The van der Waals surface area contributed by atoms with Crippen LogP contribution in [-0.4, -0.2) is 24.2 Å². The van der Waals surface area contributed by atoms with E-state index in [2.05, 4.69) is 118 Å². The van der Waals surface area contributed by atoms with E-state index in [1.807, 2.05) is 0 Å². The summed E-state index contributed by atoms with van der Waals surface area (Å²) in [5.41, 5.74) is 7.09. The number of nitrogens with one attached hydrogen (secondary N) is 1. The van der Waals surface area contributed by atoms with Crippen LogP contribution >= 0.6 is 0 Å². The summed E-state index contributed by atoms with van der Waals surface area (Å²) < 4.78 is 0. The Morgan fingerprint density at radius 3 is 2.51 bits per heavy atom. The number of benzene rings is 2. The number of carbonyl (C=O) groups is 1. The maximum absolute atomic E-state index is 10.7. The first-order valence-electron chi connectivity index (χ1n) is 13.6. The average molecular weight is 501 g/mol. The Bertz CT molecular complexity index is 1160. The van der Waals surface area contributed by atoms with E-state index in [0.717, 1.165) is 50.0 Å². The van der Waals surface area contributed by atoms with E-state index in [4.69, 9.17) is 5.11 Å². The quantitative estimate of drug-likeness (QED) is 0.215. The molecule has 2 aromatic carbocycles. The van der Waals surface area contributed by atoms with Crippen molar-refractivity contribution in [1.82, 2.24) is 0 Å². The third kappa shape index (κ3) is 6.54. The molecule has 198 valence electrons. The number of allylic oxidation sites excluding steroid dienone is 5. The molecule has 0 fully saturated rings. The van der Waals surface area contributed by atoms with Gasteiger partial charge in [-0.1, -0.05) is 96.2 Å². The van der Waals surface area contributed by atoms with Gasteiger partial charge in [0.15, 0.2) is 0 Å². The minimum Gasteiger partial charge on any atom is -0.481 e. The van der Waals surface area contributed by atoms with Gasteiger partial charge in [-0.2, -0.15) is 0 Å². The molecule has 0 saturated heterocycles. The van der Waals surface area contributed by atoms with Crippen molar-refractivity contribution in [2.24, 2.45) is 0 Å². The predicted molar refractivity (Wildman–Crippen MR) is 158 cm³/mol. The van der Waals surface area contributed by atoms with E-state index in [-0.39, 0.29) is 17.3 Å². The van der Waals surface area contributed by atoms with Gasteiger partial charge in [0, 0.05) is 47.4 Å². The summed E-state index contributed by atoms with van der Waals surface area (Å²) in [6.07, 6.45) is 10.5. The molecule has 1 aliphatic heterocycles. The molecular weight excluding hydrogens is 456 g/mol. The molecule has 1 aliphatic rings. The van der Waals surface area contributed by atoms with E-state index < -0.39 is 5.97 Å². The van der Waals surface area contributed by atoms with E-state index in [0.29, 0.717) is 0 Å². The zero-order valence-electron chi connectivity index (χ0n) is 23.3. The Morgan fingerprint density at radius 1 is 1.08 bits per heavy atom. The predicted octanol–water partition coefficient (Wildman–Crippen LogP) is 8.23. The zero-order chi connectivity index (χ0) is 27.1. The molecule has 0 aliphatic carbocycles. The number of carboxylic acid groups (broad SMARTS) is 1. The summed E-state index contributed by atoms with van der Waals surface area (Å²) >= 11 is 0. The maximum atomic E-state index is 10.7. The van der Waals surface area contributed by atoms with Gasteiger partial charge in [-0.25, -0.2) is 0 Å². The minimum absolute atomic E-state index is 0.0477. The second kappa shape index (κ2) is 12.3. The number of anilines is 2. The molecule has 0 aromatic heterocycles.